The first-order chi connectivity index (χ1) is 7.13. The Labute approximate surface area is 98.9 Å². The maximum absolute atomic E-state index is 5.82. The Kier molecular flexibility index (Phi) is 6.09. The fraction of sp³-hybridized carbons (Fsp3) is 1.00. The average Bonchev–Trinajstić information content (AvgIpc) is 2.53. The van der Waals surface area contributed by atoms with E-state index in [1.165, 1.54) is 6.42 Å². The largest absolute Gasteiger partial charge is 0.383 e. The molecule has 2 nitrogen and oxygen atoms in total. The molecule has 1 heterocycles. The van der Waals surface area contributed by atoms with Crippen LogP contribution < -0.4 is 0 Å². The Morgan fingerprint density at radius 3 is 2.87 bits per heavy atom. The van der Waals surface area contributed by atoms with Gasteiger partial charge in [0.15, 0.2) is 0 Å². The molecule has 0 aliphatic carbocycles. The Morgan fingerprint density at radius 2 is 2.27 bits per heavy atom. The summed E-state index contributed by atoms with van der Waals surface area (Å²) in [5, 5.41) is 0.636. The number of hydrogen-bond donors (Lipinski definition) is 0. The Hall–Kier alpha value is 0.335. The molecule has 1 unspecified atom stereocenters. The number of rotatable bonds is 6. The van der Waals surface area contributed by atoms with Gasteiger partial charge in [0.25, 0.3) is 0 Å². The first-order valence-corrected chi connectivity index (χ1v) is 7.03. The lowest BCUT2D eigenvalue weighted by atomic mass is 9.97. The third-order valence-electron chi connectivity index (χ3n) is 2.61. The van der Waals surface area contributed by atoms with E-state index in [-0.39, 0.29) is 0 Å². The van der Waals surface area contributed by atoms with Crippen LogP contribution in [-0.4, -0.2) is 37.7 Å². The van der Waals surface area contributed by atoms with E-state index < -0.39 is 0 Å². The summed E-state index contributed by atoms with van der Waals surface area (Å²) in [5.74, 6) is 1.45. The van der Waals surface area contributed by atoms with E-state index in [0.717, 1.165) is 19.0 Å². The zero-order valence-corrected chi connectivity index (χ0v) is 11.2. The van der Waals surface area contributed by atoms with Crippen molar-refractivity contribution in [2.24, 2.45) is 5.92 Å². The summed E-state index contributed by atoms with van der Waals surface area (Å²) in [6.07, 6.45) is 2.73. The highest BCUT2D eigenvalue weighted by Crippen LogP contribution is 2.31. The van der Waals surface area contributed by atoms with Gasteiger partial charge in [-0.15, -0.1) is 11.8 Å². The molecule has 0 amide bonds. The van der Waals surface area contributed by atoms with Crippen LogP contribution in [0.3, 0.4) is 0 Å². The number of hydrogen-bond acceptors (Lipinski definition) is 3. The highest BCUT2D eigenvalue weighted by molar-refractivity contribution is 7.99. The molecule has 0 radical (unpaired) electrons. The molecule has 0 saturated carbocycles. The van der Waals surface area contributed by atoms with Crippen LogP contribution in [0, 0.1) is 5.92 Å². The molecule has 1 fully saturated rings. The molecule has 1 aliphatic rings. The van der Waals surface area contributed by atoms with Gasteiger partial charge in [-0.25, -0.2) is 0 Å². The van der Waals surface area contributed by atoms with E-state index in [1.54, 1.807) is 0 Å². The minimum absolute atomic E-state index is 0.428. The van der Waals surface area contributed by atoms with Gasteiger partial charge in [-0.3, -0.25) is 0 Å². The van der Waals surface area contributed by atoms with Crippen molar-refractivity contribution in [1.29, 1.82) is 0 Å². The van der Waals surface area contributed by atoms with Crippen molar-refractivity contribution in [1.82, 2.24) is 0 Å². The van der Waals surface area contributed by atoms with Crippen LogP contribution in [0.2, 0.25) is 0 Å². The van der Waals surface area contributed by atoms with Gasteiger partial charge in [0.2, 0.25) is 0 Å². The lowest BCUT2D eigenvalue weighted by Gasteiger charge is -2.16. The predicted molar refractivity (Wildman–Crippen MR) is 69.1 cm³/mol. The second-order valence-electron chi connectivity index (χ2n) is 4.72. The molecule has 1 aliphatic heterocycles. The SMILES string of the molecule is B[C@H]1CC(SCOCC(C)C)[C@@H](CC)O1. The van der Waals surface area contributed by atoms with Crippen molar-refractivity contribution in [2.45, 2.75) is 51.0 Å². The van der Waals surface area contributed by atoms with Crippen molar-refractivity contribution in [3.8, 4) is 0 Å². The molecule has 3 atom stereocenters. The third-order valence-corrected chi connectivity index (χ3v) is 3.83. The van der Waals surface area contributed by atoms with Crippen LogP contribution in [0.5, 0.6) is 0 Å². The molecule has 0 aromatic rings. The smallest absolute Gasteiger partial charge is 0.139 e. The fourth-order valence-electron chi connectivity index (χ4n) is 1.87. The van der Waals surface area contributed by atoms with E-state index in [9.17, 15) is 0 Å². The summed E-state index contributed by atoms with van der Waals surface area (Å²) in [4.78, 5) is 0. The molecule has 4 heteroatoms. The van der Waals surface area contributed by atoms with Gasteiger partial charge in [0.1, 0.15) is 7.85 Å². The quantitative estimate of drug-likeness (QED) is 0.394. The number of ether oxygens (including phenoxy) is 2. The van der Waals surface area contributed by atoms with Crippen LogP contribution in [-0.2, 0) is 9.47 Å². The molecule has 15 heavy (non-hydrogen) atoms. The zero-order chi connectivity index (χ0) is 11.3. The van der Waals surface area contributed by atoms with Crippen LogP contribution in [0.1, 0.15) is 33.6 Å². The molecule has 1 saturated heterocycles. The molecule has 88 valence electrons. The summed E-state index contributed by atoms with van der Waals surface area (Å²) in [6.45, 7) is 7.43. The molecule has 0 spiro atoms. The van der Waals surface area contributed by atoms with Gasteiger partial charge in [0.05, 0.1) is 12.0 Å². The van der Waals surface area contributed by atoms with Crippen LogP contribution in [0.25, 0.3) is 0 Å². The summed E-state index contributed by atoms with van der Waals surface area (Å²) in [5.41, 5.74) is 0. The monoisotopic (exact) mass is 230 g/mol. The minimum Gasteiger partial charge on any atom is -0.383 e. The highest BCUT2D eigenvalue weighted by Gasteiger charge is 2.31. The van der Waals surface area contributed by atoms with Crippen molar-refractivity contribution in [3.63, 3.8) is 0 Å². The van der Waals surface area contributed by atoms with Gasteiger partial charge in [-0.05, 0) is 18.8 Å². The molecular formula is C11H23BO2S. The first kappa shape index (κ1) is 13.4. The van der Waals surface area contributed by atoms with Gasteiger partial charge in [-0.2, -0.15) is 0 Å². The second kappa shape index (κ2) is 6.82. The molecule has 1 rings (SSSR count). The van der Waals surface area contributed by atoms with E-state index in [2.05, 4.69) is 28.6 Å². The number of thioether (sulfide) groups is 1. The van der Waals surface area contributed by atoms with Gasteiger partial charge < -0.3 is 9.47 Å². The standard InChI is InChI=1S/C11H23BO2S/c1-4-9-10(5-11(12)14-9)15-7-13-6-8(2)3/h8-11H,4-7,12H2,1-3H3/t9-,10?,11-/m1/s1. The Balaban J connectivity index is 2.14. The topological polar surface area (TPSA) is 18.5 Å². The van der Waals surface area contributed by atoms with Crippen LogP contribution in [0.15, 0.2) is 0 Å². The third kappa shape index (κ3) is 4.79. The highest BCUT2D eigenvalue weighted by atomic mass is 32.2. The normalized spacial score (nSPS) is 31.3. The van der Waals surface area contributed by atoms with Crippen molar-refractivity contribution < 1.29 is 9.47 Å². The lowest BCUT2D eigenvalue weighted by Crippen LogP contribution is -2.18. The zero-order valence-electron chi connectivity index (χ0n) is 10.4. The van der Waals surface area contributed by atoms with Gasteiger partial charge in [-0.1, -0.05) is 20.8 Å². The molecular weight excluding hydrogens is 207 g/mol. The molecule has 0 aromatic carbocycles. The van der Waals surface area contributed by atoms with E-state index in [0.29, 0.717) is 23.3 Å². The van der Waals surface area contributed by atoms with Crippen LogP contribution >= 0.6 is 11.8 Å². The maximum Gasteiger partial charge on any atom is 0.139 e. The second-order valence-corrected chi connectivity index (χ2v) is 5.89. The van der Waals surface area contributed by atoms with Crippen LogP contribution in [0.4, 0.5) is 0 Å². The fourth-order valence-corrected chi connectivity index (χ4v) is 3.12. The maximum atomic E-state index is 5.82. The molecule has 0 bridgehead atoms. The van der Waals surface area contributed by atoms with Gasteiger partial charge >= 0.3 is 0 Å². The van der Waals surface area contributed by atoms with Crippen molar-refractivity contribution in [2.75, 3.05) is 12.5 Å². The Morgan fingerprint density at radius 1 is 1.53 bits per heavy atom. The summed E-state index contributed by atoms with van der Waals surface area (Å²) < 4.78 is 11.4. The average molecular weight is 230 g/mol. The summed E-state index contributed by atoms with van der Waals surface area (Å²) >= 11 is 1.92. The van der Waals surface area contributed by atoms with E-state index in [4.69, 9.17) is 9.47 Å². The Bertz CT molecular complexity index is 178. The summed E-state index contributed by atoms with van der Waals surface area (Å²) in [6, 6.07) is 0.428. The predicted octanol–water partition coefficient (Wildman–Crippen LogP) is 1.88. The first-order valence-electron chi connectivity index (χ1n) is 5.98. The van der Waals surface area contributed by atoms with E-state index in [1.807, 2.05) is 11.8 Å². The summed E-state index contributed by atoms with van der Waals surface area (Å²) in [7, 11) is 2.16. The minimum atomic E-state index is 0.428. The molecule has 0 N–H and O–H groups in total. The van der Waals surface area contributed by atoms with Gasteiger partial charge in [0, 0.05) is 17.9 Å². The van der Waals surface area contributed by atoms with E-state index >= 15 is 0 Å². The molecule has 0 aromatic heterocycles. The van der Waals surface area contributed by atoms with Crippen molar-refractivity contribution in [3.05, 3.63) is 0 Å². The lowest BCUT2D eigenvalue weighted by molar-refractivity contribution is 0.0869. The van der Waals surface area contributed by atoms with Crippen molar-refractivity contribution >= 4 is 19.6 Å².